The molecule has 0 aliphatic carbocycles. The van der Waals surface area contributed by atoms with Crippen molar-refractivity contribution < 1.29 is 9.47 Å². The lowest BCUT2D eigenvalue weighted by molar-refractivity contribution is 0.0322. The third-order valence-electron chi connectivity index (χ3n) is 5.36. The van der Waals surface area contributed by atoms with Crippen molar-refractivity contribution in [2.24, 2.45) is 0 Å². The molecule has 0 bridgehead atoms. The maximum atomic E-state index is 12.5. The van der Waals surface area contributed by atoms with Crippen molar-refractivity contribution in [2.75, 3.05) is 39.5 Å². The van der Waals surface area contributed by atoms with Crippen molar-refractivity contribution in [2.45, 2.75) is 0 Å². The van der Waals surface area contributed by atoms with E-state index in [1.54, 1.807) is 18.5 Å². The Morgan fingerprint density at radius 3 is 2.71 bits per heavy atom. The lowest BCUT2D eigenvalue weighted by Crippen LogP contribution is -2.38. The van der Waals surface area contributed by atoms with E-state index < -0.39 is 0 Å². The summed E-state index contributed by atoms with van der Waals surface area (Å²) in [6, 6.07) is 14.8. The first kappa shape index (κ1) is 19.5. The van der Waals surface area contributed by atoms with Crippen molar-refractivity contribution >= 4 is 10.9 Å². The number of hydrogen-bond donors (Lipinski definition) is 1. The van der Waals surface area contributed by atoms with Crippen molar-refractivity contribution in [3.63, 3.8) is 0 Å². The molecule has 1 N–H and O–H groups in total. The van der Waals surface area contributed by atoms with Crippen molar-refractivity contribution in [1.82, 2.24) is 24.6 Å². The summed E-state index contributed by atoms with van der Waals surface area (Å²) in [6.45, 7) is 4.96. The van der Waals surface area contributed by atoms with Crippen LogP contribution in [-0.2, 0) is 4.74 Å². The van der Waals surface area contributed by atoms with Crippen LogP contribution in [0.3, 0.4) is 0 Å². The molecule has 0 radical (unpaired) electrons. The molecule has 31 heavy (non-hydrogen) atoms. The Labute approximate surface area is 179 Å². The Morgan fingerprint density at radius 1 is 1.03 bits per heavy atom. The number of morpholine rings is 1. The fourth-order valence-electron chi connectivity index (χ4n) is 3.67. The highest BCUT2D eigenvalue weighted by Crippen LogP contribution is 2.23. The molecule has 1 fully saturated rings. The number of nitrogens with one attached hydrogen (secondary N) is 1. The standard InChI is InChI=1S/C23H23N5O3/c29-23-4-3-20(17-5-7-24-8-6-17)26-28(23)22-15-18-1-2-19(16-21(18)25-22)31-14-11-27-9-12-30-13-10-27/h1-8,15-16,25H,9-14H2. The van der Waals surface area contributed by atoms with Crippen LogP contribution in [0.15, 0.2) is 65.7 Å². The van der Waals surface area contributed by atoms with E-state index in [1.165, 1.54) is 10.7 Å². The first-order chi connectivity index (χ1) is 15.3. The van der Waals surface area contributed by atoms with E-state index in [2.05, 4.69) is 20.0 Å². The summed E-state index contributed by atoms with van der Waals surface area (Å²) in [5.74, 6) is 1.40. The van der Waals surface area contributed by atoms with Crippen LogP contribution in [0, 0.1) is 0 Å². The van der Waals surface area contributed by atoms with Gasteiger partial charge in [-0.25, -0.2) is 0 Å². The number of nitrogens with zero attached hydrogens (tertiary/aromatic N) is 4. The van der Waals surface area contributed by atoms with Gasteiger partial charge in [0.15, 0.2) is 0 Å². The van der Waals surface area contributed by atoms with Crippen LogP contribution in [0.4, 0.5) is 0 Å². The van der Waals surface area contributed by atoms with Gasteiger partial charge in [0.2, 0.25) is 0 Å². The van der Waals surface area contributed by atoms with Gasteiger partial charge in [-0.15, -0.1) is 0 Å². The largest absolute Gasteiger partial charge is 0.492 e. The van der Waals surface area contributed by atoms with Crippen LogP contribution >= 0.6 is 0 Å². The summed E-state index contributed by atoms with van der Waals surface area (Å²) >= 11 is 0. The minimum atomic E-state index is -0.202. The van der Waals surface area contributed by atoms with E-state index in [4.69, 9.17) is 9.47 Å². The molecule has 4 heterocycles. The number of aromatic nitrogens is 4. The van der Waals surface area contributed by atoms with Gasteiger partial charge in [0.25, 0.3) is 5.56 Å². The van der Waals surface area contributed by atoms with Crippen molar-refractivity contribution in [3.8, 4) is 22.8 Å². The number of hydrogen-bond acceptors (Lipinski definition) is 6. The number of ether oxygens (including phenoxy) is 2. The minimum absolute atomic E-state index is 0.202. The predicted molar refractivity (Wildman–Crippen MR) is 118 cm³/mol. The molecule has 3 aromatic heterocycles. The second-order valence-corrected chi connectivity index (χ2v) is 7.41. The normalized spacial score (nSPS) is 14.7. The van der Waals surface area contributed by atoms with Crippen LogP contribution < -0.4 is 10.3 Å². The maximum absolute atomic E-state index is 12.5. The van der Waals surface area contributed by atoms with E-state index in [0.29, 0.717) is 18.1 Å². The van der Waals surface area contributed by atoms with Crippen LogP contribution in [0.1, 0.15) is 0 Å². The van der Waals surface area contributed by atoms with Gasteiger partial charge in [0.1, 0.15) is 18.2 Å². The molecule has 0 amide bonds. The van der Waals surface area contributed by atoms with E-state index in [0.717, 1.165) is 55.1 Å². The second-order valence-electron chi connectivity index (χ2n) is 7.41. The molecule has 0 unspecified atom stereocenters. The number of fused-ring (bicyclic) bond motifs is 1. The Kier molecular flexibility index (Phi) is 5.47. The van der Waals surface area contributed by atoms with Gasteiger partial charge in [0.05, 0.1) is 24.4 Å². The van der Waals surface area contributed by atoms with Crippen LogP contribution in [-0.4, -0.2) is 64.1 Å². The molecule has 0 saturated carbocycles. The molecule has 1 aromatic carbocycles. The SMILES string of the molecule is O=c1ccc(-c2ccncc2)nn1-c1cc2ccc(OCCN3CCOCC3)cc2[nH]1. The Balaban J connectivity index is 1.36. The monoisotopic (exact) mass is 417 g/mol. The molecule has 8 nitrogen and oxygen atoms in total. The Hall–Kier alpha value is -3.49. The van der Waals surface area contributed by atoms with E-state index >= 15 is 0 Å². The first-order valence-electron chi connectivity index (χ1n) is 10.3. The van der Waals surface area contributed by atoms with Crippen molar-refractivity contribution in [3.05, 3.63) is 71.3 Å². The van der Waals surface area contributed by atoms with Crippen LogP contribution in [0.2, 0.25) is 0 Å². The quantitative estimate of drug-likeness (QED) is 0.519. The van der Waals surface area contributed by atoms with Gasteiger partial charge in [-0.2, -0.15) is 9.78 Å². The predicted octanol–water partition coefficient (Wildman–Crippen LogP) is 2.49. The van der Waals surface area contributed by atoms with Gasteiger partial charge >= 0.3 is 0 Å². The zero-order chi connectivity index (χ0) is 21.0. The number of benzene rings is 1. The summed E-state index contributed by atoms with van der Waals surface area (Å²) in [5, 5.41) is 5.51. The Bertz CT molecular complexity index is 1230. The average Bonchev–Trinajstić information content (AvgIpc) is 3.24. The molecule has 8 heteroatoms. The highest BCUT2D eigenvalue weighted by atomic mass is 16.5. The first-order valence-corrected chi connectivity index (χ1v) is 10.3. The summed E-state index contributed by atoms with van der Waals surface area (Å²) in [4.78, 5) is 22.1. The molecular weight excluding hydrogens is 394 g/mol. The number of rotatable bonds is 6. The summed E-state index contributed by atoms with van der Waals surface area (Å²) in [6.07, 6.45) is 3.41. The fourth-order valence-corrected chi connectivity index (χ4v) is 3.67. The highest BCUT2D eigenvalue weighted by molar-refractivity contribution is 5.83. The Morgan fingerprint density at radius 2 is 1.87 bits per heavy atom. The highest BCUT2D eigenvalue weighted by Gasteiger charge is 2.11. The van der Waals surface area contributed by atoms with Crippen molar-refractivity contribution in [1.29, 1.82) is 0 Å². The number of H-pyrrole nitrogens is 1. The van der Waals surface area contributed by atoms with E-state index in [9.17, 15) is 4.79 Å². The third-order valence-corrected chi connectivity index (χ3v) is 5.36. The molecular formula is C23H23N5O3. The molecule has 4 aromatic rings. The van der Waals surface area contributed by atoms with E-state index in [-0.39, 0.29) is 5.56 Å². The number of pyridine rings is 1. The fraction of sp³-hybridized carbons (Fsp3) is 0.261. The van der Waals surface area contributed by atoms with Gasteiger partial charge in [0, 0.05) is 55.1 Å². The van der Waals surface area contributed by atoms with Crippen LogP contribution in [0.5, 0.6) is 5.75 Å². The summed E-state index contributed by atoms with van der Waals surface area (Å²) in [5.41, 5.74) is 2.29. The third kappa shape index (κ3) is 4.35. The zero-order valence-electron chi connectivity index (χ0n) is 17.0. The lowest BCUT2D eigenvalue weighted by atomic mass is 10.2. The second kappa shape index (κ2) is 8.71. The van der Waals surface area contributed by atoms with Gasteiger partial charge < -0.3 is 14.5 Å². The molecule has 0 spiro atoms. The molecule has 1 aliphatic heterocycles. The molecule has 1 saturated heterocycles. The van der Waals surface area contributed by atoms with Gasteiger partial charge in [-0.05, 0) is 36.4 Å². The number of aromatic amines is 1. The van der Waals surface area contributed by atoms with E-state index in [1.807, 2.05) is 36.4 Å². The average molecular weight is 417 g/mol. The minimum Gasteiger partial charge on any atom is -0.492 e. The lowest BCUT2D eigenvalue weighted by Gasteiger charge is -2.26. The summed E-state index contributed by atoms with van der Waals surface area (Å²) < 4.78 is 12.7. The van der Waals surface area contributed by atoms with Gasteiger partial charge in [-0.1, -0.05) is 0 Å². The molecule has 5 rings (SSSR count). The molecule has 158 valence electrons. The zero-order valence-corrected chi connectivity index (χ0v) is 17.0. The molecule has 1 aliphatic rings. The topological polar surface area (TPSA) is 85.3 Å². The maximum Gasteiger partial charge on any atom is 0.272 e. The van der Waals surface area contributed by atoms with Crippen LogP contribution in [0.25, 0.3) is 28.0 Å². The molecule has 0 atom stereocenters. The summed E-state index contributed by atoms with van der Waals surface area (Å²) in [7, 11) is 0. The smallest absolute Gasteiger partial charge is 0.272 e. The van der Waals surface area contributed by atoms with Gasteiger partial charge in [-0.3, -0.25) is 14.7 Å².